The summed E-state index contributed by atoms with van der Waals surface area (Å²) in [6.07, 6.45) is 0. The summed E-state index contributed by atoms with van der Waals surface area (Å²) in [6.45, 7) is 0. The van der Waals surface area contributed by atoms with E-state index in [1.165, 1.54) is 18.2 Å². The van der Waals surface area contributed by atoms with Crippen LogP contribution in [0.2, 0.25) is 0 Å². The summed E-state index contributed by atoms with van der Waals surface area (Å²) >= 11 is 1.06. The maximum absolute atomic E-state index is 12.7. The maximum atomic E-state index is 12.7. The lowest BCUT2D eigenvalue weighted by molar-refractivity contribution is 0.600. The van der Waals surface area contributed by atoms with E-state index in [1.807, 2.05) is 0 Å². The van der Waals surface area contributed by atoms with Gasteiger partial charge in [0, 0.05) is 4.88 Å². The molecule has 2 N–H and O–H groups in total. The number of primary sulfonamides is 1. The number of hydrogen-bond donors (Lipinski definition) is 1. The van der Waals surface area contributed by atoms with Crippen molar-refractivity contribution in [2.75, 3.05) is 0 Å². The fourth-order valence-electron chi connectivity index (χ4n) is 1.24. The highest BCUT2D eigenvalue weighted by Crippen LogP contribution is 2.29. The number of hydrogen-bond acceptors (Lipinski definition) is 3. The van der Waals surface area contributed by atoms with Crippen molar-refractivity contribution < 1.29 is 12.8 Å². The average molecular weight is 257 g/mol. The molecule has 84 valence electrons. The summed E-state index contributed by atoms with van der Waals surface area (Å²) < 4.78 is 34.9. The number of nitrogens with two attached hydrogens (primary N) is 1. The van der Waals surface area contributed by atoms with Gasteiger partial charge in [-0.1, -0.05) is 12.1 Å². The Labute approximate surface area is 96.4 Å². The van der Waals surface area contributed by atoms with E-state index in [-0.39, 0.29) is 10.0 Å². The molecule has 1 aromatic carbocycles. The molecule has 16 heavy (non-hydrogen) atoms. The molecule has 0 unspecified atom stereocenters. The molecule has 2 aromatic rings. The van der Waals surface area contributed by atoms with Crippen LogP contribution in [-0.2, 0) is 10.0 Å². The van der Waals surface area contributed by atoms with E-state index in [9.17, 15) is 12.8 Å². The fraction of sp³-hybridized carbons (Fsp3) is 0. The Balaban J connectivity index is 2.43. The van der Waals surface area contributed by atoms with Crippen molar-refractivity contribution in [1.29, 1.82) is 0 Å². The molecule has 6 heteroatoms. The number of thiophene rings is 1. The van der Waals surface area contributed by atoms with Gasteiger partial charge in [0.25, 0.3) is 0 Å². The Morgan fingerprint density at radius 1 is 1.06 bits per heavy atom. The van der Waals surface area contributed by atoms with Gasteiger partial charge in [0.05, 0.1) is 0 Å². The minimum Gasteiger partial charge on any atom is -0.224 e. The summed E-state index contributed by atoms with van der Waals surface area (Å²) in [6, 6.07) is 8.93. The SMILES string of the molecule is NS(=O)(=O)c1ccc(-c2ccc(F)cc2)s1. The van der Waals surface area contributed by atoms with E-state index in [4.69, 9.17) is 5.14 Å². The van der Waals surface area contributed by atoms with Gasteiger partial charge in [-0.15, -0.1) is 11.3 Å². The van der Waals surface area contributed by atoms with E-state index in [1.54, 1.807) is 18.2 Å². The van der Waals surface area contributed by atoms with Gasteiger partial charge in [0.2, 0.25) is 10.0 Å². The van der Waals surface area contributed by atoms with Gasteiger partial charge < -0.3 is 0 Å². The molecular formula is C10H8FNO2S2. The van der Waals surface area contributed by atoms with Crippen molar-refractivity contribution in [3.8, 4) is 10.4 Å². The molecule has 0 fully saturated rings. The highest BCUT2D eigenvalue weighted by molar-refractivity contribution is 7.91. The topological polar surface area (TPSA) is 60.2 Å². The summed E-state index contributed by atoms with van der Waals surface area (Å²) in [5.74, 6) is -0.327. The van der Waals surface area contributed by atoms with Crippen LogP contribution in [0, 0.1) is 5.82 Å². The van der Waals surface area contributed by atoms with Crippen LogP contribution in [0.25, 0.3) is 10.4 Å². The van der Waals surface area contributed by atoms with Crippen molar-refractivity contribution in [3.63, 3.8) is 0 Å². The third kappa shape index (κ3) is 2.29. The van der Waals surface area contributed by atoms with Crippen LogP contribution >= 0.6 is 11.3 Å². The fourth-order valence-corrected chi connectivity index (χ4v) is 2.98. The maximum Gasteiger partial charge on any atom is 0.247 e. The van der Waals surface area contributed by atoms with Crippen LogP contribution < -0.4 is 5.14 Å². The Kier molecular flexibility index (Phi) is 2.79. The van der Waals surface area contributed by atoms with Gasteiger partial charge in [0.15, 0.2) is 0 Å². The minimum absolute atomic E-state index is 0.104. The van der Waals surface area contributed by atoms with Gasteiger partial charge >= 0.3 is 0 Å². The highest BCUT2D eigenvalue weighted by Gasteiger charge is 2.11. The molecule has 1 aromatic heterocycles. The van der Waals surface area contributed by atoms with Gasteiger partial charge in [-0.25, -0.2) is 17.9 Å². The van der Waals surface area contributed by atoms with Crippen molar-refractivity contribution >= 4 is 21.4 Å². The standard InChI is InChI=1S/C10H8FNO2S2/c11-8-3-1-7(2-4-8)9-5-6-10(15-9)16(12,13)14/h1-6H,(H2,12,13,14). The second-order valence-electron chi connectivity index (χ2n) is 3.17. The zero-order valence-electron chi connectivity index (χ0n) is 8.05. The number of rotatable bonds is 2. The predicted octanol–water partition coefficient (Wildman–Crippen LogP) is 2.20. The smallest absolute Gasteiger partial charge is 0.224 e. The highest BCUT2D eigenvalue weighted by atomic mass is 32.2. The van der Waals surface area contributed by atoms with Crippen LogP contribution in [-0.4, -0.2) is 8.42 Å². The Morgan fingerprint density at radius 3 is 2.19 bits per heavy atom. The normalized spacial score (nSPS) is 11.6. The molecule has 0 spiro atoms. The quantitative estimate of drug-likeness (QED) is 0.896. The zero-order valence-corrected chi connectivity index (χ0v) is 9.69. The van der Waals surface area contributed by atoms with E-state index in [0.717, 1.165) is 21.8 Å². The van der Waals surface area contributed by atoms with E-state index >= 15 is 0 Å². The Morgan fingerprint density at radius 2 is 1.69 bits per heavy atom. The van der Waals surface area contributed by atoms with Crippen LogP contribution in [0.3, 0.4) is 0 Å². The third-order valence-electron chi connectivity index (χ3n) is 1.99. The molecule has 0 aliphatic heterocycles. The average Bonchev–Trinajstić information content (AvgIpc) is 2.67. The van der Waals surface area contributed by atoms with E-state index in [0.29, 0.717) is 0 Å². The second-order valence-corrected chi connectivity index (χ2v) is 6.04. The molecule has 0 saturated heterocycles. The first kappa shape index (κ1) is 11.3. The second kappa shape index (κ2) is 3.97. The first-order chi connectivity index (χ1) is 7.47. The van der Waals surface area contributed by atoms with Crippen LogP contribution in [0.5, 0.6) is 0 Å². The lowest BCUT2D eigenvalue weighted by Gasteiger charge is -1.96. The number of sulfonamides is 1. The number of halogens is 1. The molecule has 0 radical (unpaired) electrons. The van der Waals surface area contributed by atoms with Crippen molar-refractivity contribution in [2.45, 2.75) is 4.21 Å². The van der Waals surface area contributed by atoms with Gasteiger partial charge in [-0.2, -0.15) is 0 Å². The molecule has 0 atom stereocenters. The first-order valence-electron chi connectivity index (χ1n) is 4.35. The Bertz CT molecular complexity index is 602. The van der Waals surface area contributed by atoms with Gasteiger partial charge in [-0.3, -0.25) is 0 Å². The molecule has 0 aliphatic carbocycles. The van der Waals surface area contributed by atoms with E-state index < -0.39 is 10.0 Å². The summed E-state index contributed by atoms with van der Waals surface area (Å²) in [7, 11) is -3.65. The first-order valence-corrected chi connectivity index (χ1v) is 6.72. The molecular weight excluding hydrogens is 249 g/mol. The lowest BCUT2D eigenvalue weighted by atomic mass is 10.2. The van der Waals surface area contributed by atoms with Crippen molar-refractivity contribution in [1.82, 2.24) is 0 Å². The summed E-state index contributed by atoms with van der Waals surface area (Å²) in [4.78, 5) is 0.740. The van der Waals surface area contributed by atoms with Gasteiger partial charge in [0.1, 0.15) is 10.0 Å². The summed E-state index contributed by atoms with van der Waals surface area (Å²) in [5, 5.41) is 4.99. The van der Waals surface area contributed by atoms with Crippen molar-refractivity contribution in [2.24, 2.45) is 5.14 Å². The number of benzene rings is 1. The largest absolute Gasteiger partial charge is 0.247 e. The van der Waals surface area contributed by atoms with Gasteiger partial charge in [-0.05, 0) is 29.8 Å². The molecule has 3 nitrogen and oxygen atoms in total. The van der Waals surface area contributed by atoms with Crippen LogP contribution in [0.1, 0.15) is 0 Å². The monoisotopic (exact) mass is 257 g/mol. The molecule has 0 bridgehead atoms. The minimum atomic E-state index is -3.65. The zero-order chi connectivity index (χ0) is 11.8. The molecule has 2 rings (SSSR count). The molecule has 0 aliphatic rings. The third-order valence-corrected chi connectivity index (χ3v) is 4.56. The van der Waals surface area contributed by atoms with Crippen LogP contribution in [0.4, 0.5) is 4.39 Å². The van der Waals surface area contributed by atoms with Crippen molar-refractivity contribution in [3.05, 3.63) is 42.2 Å². The summed E-state index contributed by atoms with van der Waals surface area (Å²) in [5.41, 5.74) is 0.765. The van der Waals surface area contributed by atoms with Crippen LogP contribution in [0.15, 0.2) is 40.6 Å². The predicted molar refractivity (Wildman–Crippen MR) is 61.1 cm³/mol. The molecule has 0 saturated carbocycles. The van der Waals surface area contributed by atoms with E-state index in [2.05, 4.69) is 0 Å². The molecule has 0 amide bonds. The Hall–Kier alpha value is -1.24. The molecule has 1 heterocycles. The lowest BCUT2D eigenvalue weighted by Crippen LogP contribution is -2.09.